The first-order chi connectivity index (χ1) is 12.9. The van der Waals surface area contributed by atoms with E-state index in [9.17, 15) is 19.2 Å². The number of aryl methyl sites for hydroxylation is 1. The Morgan fingerprint density at radius 1 is 1.15 bits per heavy atom. The molecule has 2 aromatic rings. The second-order valence-electron chi connectivity index (χ2n) is 5.64. The molecule has 2 N–H and O–H groups in total. The molecule has 1 aromatic carbocycles. The third kappa shape index (κ3) is 5.77. The van der Waals surface area contributed by atoms with Crippen molar-refractivity contribution in [2.45, 2.75) is 32.9 Å². The molecule has 9 heteroatoms. The van der Waals surface area contributed by atoms with Gasteiger partial charge in [-0.3, -0.25) is 14.9 Å². The average Bonchev–Trinajstić information content (AvgIpc) is 2.64. The maximum absolute atomic E-state index is 12.1. The number of hydrogen-bond donors (Lipinski definition) is 2. The molecular formula is C18H20N4O5. The van der Waals surface area contributed by atoms with Crippen LogP contribution in [0.5, 0.6) is 0 Å². The van der Waals surface area contributed by atoms with Crippen molar-refractivity contribution in [1.82, 2.24) is 15.1 Å². The molecule has 3 amide bonds. The smallest absolute Gasteiger partial charge is 0.359 e. The van der Waals surface area contributed by atoms with Gasteiger partial charge in [0.2, 0.25) is 0 Å². The lowest BCUT2D eigenvalue weighted by Gasteiger charge is -2.13. The van der Waals surface area contributed by atoms with Gasteiger partial charge in [0.25, 0.3) is 11.5 Å². The molecule has 2 rings (SSSR count). The number of benzene rings is 1. The largest absolute Gasteiger partial charge is 0.448 e. The van der Waals surface area contributed by atoms with Crippen molar-refractivity contribution in [3.63, 3.8) is 0 Å². The summed E-state index contributed by atoms with van der Waals surface area (Å²) < 4.78 is 6.16. The fraction of sp³-hybridized carbons (Fsp3) is 0.278. The van der Waals surface area contributed by atoms with Gasteiger partial charge in [0.1, 0.15) is 0 Å². The fourth-order valence-corrected chi connectivity index (χ4v) is 2.10. The number of nitrogens with zero attached hydrogens (tertiary/aromatic N) is 2. The second-order valence-corrected chi connectivity index (χ2v) is 5.64. The standard InChI is InChI=1S/C18H20N4O5/c1-3-11-22-15(23)10-9-14(21-22)17(25)27-12(2)16(24)20-18(26)19-13-7-5-4-6-8-13/h4-10,12H,3,11H2,1-2H3,(H2,19,20,24,26). The summed E-state index contributed by atoms with van der Waals surface area (Å²) in [6.07, 6.45) is -0.562. The van der Waals surface area contributed by atoms with Crippen molar-refractivity contribution in [2.24, 2.45) is 0 Å². The Balaban J connectivity index is 1.93. The quantitative estimate of drug-likeness (QED) is 0.743. The van der Waals surface area contributed by atoms with Crippen molar-refractivity contribution in [3.8, 4) is 0 Å². The molecule has 1 heterocycles. The molecule has 0 aliphatic heterocycles. The molecule has 0 radical (unpaired) electrons. The minimum absolute atomic E-state index is 0.101. The van der Waals surface area contributed by atoms with E-state index in [0.29, 0.717) is 18.7 Å². The van der Waals surface area contributed by atoms with Gasteiger partial charge in [-0.25, -0.2) is 14.3 Å². The molecule has 9 nitrogen and oxygen atoms in total. The van der Waals surface area contributed by atoms with Crippen LogP contribution in [0.1, 0.15) is 30.8 Å². The SMILES string of the molecule is CCCn1nc(C(=O)OC(C)C(=O)NC(=O)Nc2ccccc2)ccc1=O. The predicted octanol–water partition coefficient (Wildman–Crippen LogP) is 1.55. The first-order valence-electron chi connectivity index (χ1n) is 8.36. The molecule has 0 saturated heterocycles. The number of rotatable bonds is 6. The van der Waals surface area contributed by atoms with Gasteiger partial charge in [-0.2, -0.15) is 5.10 Å². The van der Waals surface area contributed by atoms with E-state index in [1.165, 1.54) is 19.1 Å². The van der Waals surface area contributed by atoms with Crippen LogP contribution in [-0.4, -0.2) is 33.8 Å². The Morgan fingerprint density at radius 3 is 2.52 bits per heavy atom. The third-order valence-electron chi connectivity index (χ3n) is 3.43. The Kier molecular flexibility index (Phi) is 6.81. The minimum Gasteiger partial charge on any atom is -0.448 e. The summed E-state index contributed by atoms with van der Waals surface area (Å²) in [4.78, 5) is 47.6. The van der Waals surface area contributed by atoms with E-state index in [1.54, 1.807) is 30.3 Å². The molecule has 1 aromatic heterocycles. The molecule has 0 aliphatic rings. The minimum atomic E-state index is -1.23. The third-order valence-corrected chi connectivity index (χ3v) is 3.43. The Morgan fingerprint density at radius 2 is 1.85 bits per heavy atom. The molecule has 0 bridgehead atoms. The van der Waals surface area contributed by atoms with Crippen LogP contribution >= 0.6 is 0 Å². The number of carbonyl (C=O) groups excluding carboxylic acids is 3. The molecule has 0 spiro atoms. The Bertz CT molecular complexity index is 879. The predicted molar refractivity (Wildman–Crippen MR) is 97.3 cm³/mol. The van der Waals surface area contributed by atoms with E-state index in [4.69, 9.17) is 4.74 Å². The molecule has 0 saturated carbocycles. The van der Waals surface area contributed by atoms with E-state index in [1.807, 2.05) is 6.92 Å². The molecule has 142 valence electrons. The number of nitrogens with one attached hydrogen (secondary N) is 2. The monoisotopic (exact) mass is 372 g/mol. The van der Waals surface area contributed by atoms with Crippen molar-refractivity contribution >= 4 is 23.6 Å². The lowest BCUT2D eigenvalue weighted by atomic mass is 10.3. The summed E-state index contributed by atoms with van der Waals surface area (Å²) in [5, 5.41) is 8.47. The highest BCUT2D eigenvalue weighted by molar-refractivity contribution is 6.03. The molecule has 27 heavy (non-hydrogen) atoms. The first-order valence-corrected chi connectivity index (χ1v) is 8.36. The lowest BCUT2D eigenvalue weighted by molar-refractivity contribution is -0.127. The molecule has 1 unspecified atom stereocenters. The number of amides is 3. The fourth-order valence-electron chi connectivity index (χ4n) is 2.10. The summed E-state index contributed by atoms with van der Waals surface area (Å²) in [6, 6.07) is 10.2. The highest BCUT2D eigenvalue weighted by Gasteiger charge is 2.22. The zero-order valence-corrected chi connectivity index (χ0v) is 15.0. The van der Waals surface area contributed by atoms with Crippen LogP contribution in [0.25, 0.3) is 0 Å². The molecule has 0 aliphatic carbocycles. The summed E-state index contributed by atoms with van der Waals surface area (Å²) in [6.45, 7) is 3.55. The number of para-hydroxylation sites is 1. The molecular weight excluding hydrogens is 352 g/mol. The number of urea groups is 1. The summed E-state index contributed by atoms with van der Waals surface area (Å²) >= 11 is 0. The van der Waals surface area contributed by atoms with Crippen molar-refractivity contribution in [2.75, 3.05) is 5.32 Å². The van der Waals surface area contributed by atoms with Gasteiger partial charge in [0.05, 0.1) is 0 Å². The van der Waals surface area contributed by atoms with Crippen LogP contribution in [0.15, 0.2) is 47.3 Å². The average molecular weight is 372 g/mol. The normalized spacial score (nSPS) is 11.3. The van der Waals surface area contributed by atoms with Crippen molar-refractivity contribution in [3.05, 3.63) is 58.5 Å². The van der Waals surface area contributed by atoms with E-state index < -0.39 is 24.0 Å². The van der Waals surface area contributed by atoms with Crippen molar-refractivity contribution < 1.29 is 19.1 Å². The van der Waals surface area contributed by atoms with E-state index in [-0.39, 0.29) is 11.3 Å². The van der Waals surface area contributed by atoms with Gasteiger partial charge in [-0.1, -0.05) is 25.1 Å². The van der Waals surface area contributed by atoms with Gasteiger partial charge >= 0.3 is 12.0 Å². The summed E-state index contributed by atoms with van der Waals surface area (Å²) in [7, 11) is 0. The van der Waals surface area contributed by atoms with Crippen LogP contribution in [0.2, 0.25) is 0 Å². The van der Waals surface area contributed by atoms with Gasteiger partial charge in [-0.15, -0.1) is 0 Å². The zero-order valence-electron chi connectivity index (χ0n) is 15.0. The van der Waals surface area contributed by atoms with Gasteiger partial charge in [-0.05, 0) is 31.5 Å². The number of anilines is 1. The number of esters is 1. The highest BCUT2D eigenvalue weighted by atomic mass is 16.5. The van der Waals surface area contributed by atoms with Gasteiger partial charge in [0.15, 0.2) is 11.8 Å². The lowest BCUT2D eigenvalue weighted by Crippen LogP contribution is -2.41. The van der Waals surface area contributed by atoms with E-state index >= 15 is 0 Å². The van der Waals surface area contributed by atoms with Gasteiger partial charge < -0.3 is 10.1 Å². The number of imide groups is 1. The summed E-state index contributed by atoms with van der Waals surface area (Å²) in [5.74, 6) is -1.66. The Hall–Kier alpha value is -3.49. The van der Waals surface area contributed by atoms with E-state index in [2.05, 4.69) is 15.7 Å². The zero-order chi connectivity index (χ0) is 19.8. The maximum Gasteiger partial charge on any atom is 0.359 e. The molecule has 1 atom stereocenters. The van der Waals surface area contributed by atoms with Crippen LogP contribution in [0, 0.1) is 0 Å². The van der Waals surface area contributed by atoms with Crippen LogP contribution in [-0.2, 0) is 16.1 Å². The second kappa shape index (κ2) is 9.27. The van der Waals surface area contributed by atoms with E-state index in [0.717, 1.165) is 4.68 Å². The van der Waals surface area contributed by atoms with Crippen LogP contribution in [0.3, 0.4) is 0 Å². The number of ether oxygens (including phenoxy) is 1. The first kappa shape index (κ1) is 19.8. The van der Waals surface area contributed by atoms with Crippen molar-refractivity contribution in [1.29, 1.82) is 0 Å². The topological polar surface area (TPSA) is 119 Å². The number of carbonyl (C=O) groups is 3. The van der Waals surface area contributed by atoms with Crippen LogP contribution < -0.4 is 16.2 Å². The number of hydrogen-bond acceptors (Lipinski definition) is 6. The van der Waals surface area contributed by atoms with Crippen LogP contribution in [0.4, 0.5) is 10.5 Å². The molecule has 0 fully saturated rings. The Labute approximate surface area is 155 Å². The van der Waals surface area contributed by atoms with Gasteiger partial charge in [0, 0.05) is 18.3 Å². The highest BCUT2D eigenvalue weighted by Crippen LogP contribution is 2.05. The summed E-state index contributed by atoms with van der Waals surface area (Å²) in [5.41, 5.74) is 0.0723. The maximum atomic E-state index is 12.1. The number of aromatic nitrogens is 2.